The van der Waals surface area contributed by atoms with Gasteiger partial charge in [0.25, 0.3) is 0 Å². The molecule has 0 aliphatic heterocycles. The van der Waals surface area contributed by atoms with Crippen LogP contribution in [0.15, 0.2) is 30.7 Å². The van der Waals surface area contributed by atoms with Gasteiger partial charge in [-0.05, 0) is 42.7 Å². The molecular formula is C13H14N2O. The summed E-state index contributed by atoms with van der Waals surface area (Å²) in [6.45, 7) is 4.01. The second kappa shape index (κ2) is 4.41. The minimum absolute atomic E-state index is 0.0329. The summed E-state index contributed by atoms with van der Waals surface area (Å²) in [5.74, 6) is 0. The summed E-state index contributed by atoms with van der Waals surface area (Å²) >= 11 is 0. The van der Waals surface area contributed by atoms with Gasteiger partial charge in [-0.2, -0.15) is 0 Å². The van der Waals surface area contributed by atoms with Gasteiger partial charge in [0.05, 0.1) is 12.3 Å². The quantitative estimate of drug-likeness (QED) is 0.834. The number of pyridine rings is 2. The van der Waals surface area contributed by atoms with Crippen LogP contribution >= 0.6 is 0 Å². The summed E-state index contributed by atoms with van der Waals surface area (Å²) in [7, 11) is 0. The third-order valence-corrected chi connectivity index (χ3v) is 2.56. The Morgan fingerprint density at radius 1 is 1.12 bits per heavy atom. The molecule has 0 atom stereocenters. The van der Waals surface area contributed by atoms with E-state index < -0.39 is 0 Å². The van der Waals surface area contributed by atoms with Gasteiger partial charge >= 0.3 is 0 Å². The van der Waals surface area contributed by atoms with Crippen LogP contribution in [-0.4, -0.2) is 15.1 Å². The van der Waals surface area contributed by atoms with Gasteiger partial charge in [0, 0.05) is 24.2 Å². The molecule has 0 bridgehead atoms. The first-order valence-electron chi connectivity index (χ1n) is 5.19. The highest BCUT2D eigenvalue weighted by Gasteiger charge is 2.03. The molecule has 0 aliphatic rings. The van der Waals surface area contributed by atoms with Gasteiger partial charge in [0.15, 0.2) is 0 Å². The number of hydrogen-bond acceptors (Lipinski definition) is 3. The highest BCUT2D eigenvalue weighted by atomic mass is 16.3. The largest absolute Gasteiger partial charge is 0.392 e. The fraction of sp³-hybridized carbons (Fsp3) is 0.231. The molecule has 0 aliphatic carbocycles. The predicted molar refractivity (Wildman–Crippen MR) is 62.9 cm³/mol. The predicted octanol–water partition coefficient (Wildman–Crippen LogP) is 2.25. The smallest absolute Gasteiger partial charge is 0.0720 e. The first kappa shape index (κ1) is 10.8. The topological polar surface area (TPSA) is 46.0 Å². The number of nitrogens with zero attached hydrogens (tertiary/aromatic N) is 2. The zero-order valence-electron chi connectivity index (χ0n) is 9.44. The molecule has 0 spiro atoms. The van der Waals surface area contributed by atoms with Gasteiger partial charge in [-0.25, -0.2) is 0 Å². The molecule has 0 radical (unpaired) electrons. The molecule has 0 unspecified atom stereocenters. The van der Waals surface area contributed by atoms with E-state index in [1.807, 2.05) is 32.2 Å². The van der Waals surface area contributed by atoms with Crippen LogP contribution in [0.2, 0.25) is 0 Å². The molecule has 0 amide bonds. The second-order valence-electron chi connectivity index (χ2n) is 3.91. The van der Waals surface area contributed by atoms with Crippen molar-refractivity contribution >= 4 is 0 Å². The molecule has 0 aromatic carbocycles. The zero-order valence-corrected chi connectivity index (χ0v) is 9.44. The van der Waals surface area contributed by atoms with Crippen molar-refractivity contribution in [3.63, 3.8) is 0 Å². The van der Waals surface area contributed by atoms with Gasteiger partial charge in [-0.3, -0.25) is 9.97 Å². The van der Waals surface area contributed by atoms with Crippen molar-refractivity contribution in [2.45, 2.75) is 20.5 Å². The van der Waals surface area contributed by atoms with E-state index in [0.717, 1.165) is 27.9 Å². The molecule has 0 fully saturated rings. The summed E-state index contributed by atoms with van der Waals surface area (Å²) in [5.41, 5.74) is 4.93. The molecule has 82 valence electrons. The van der Waals surface area contributed by atoms with Crippen LogP contribution in [0.3, 0.4) is 0 Å². The normalized spacial score (nSPS) is 10.4. The summed E-state index contributed by atoms with van der Waals surface area (Å²) in [4.78, 5) is 8.47. The molecule has 2 rings (SSSR count). The highest BCUT2D eigenvalue weighted by Crippen LogP contribution is 2.19. The van der Waals surface area contributed by atoms with Crippen molar-refractivity contribution in [2.75, 3.05) is 0 Å². The second-order valence-corrected chi connectivity index (χ2v) is 3.91. The first-order chi connectivity index (χ1) is 7.70. The van der Waals surface area contributed by atoms with Gasteiger partial charge < -0.3 is 5.11 Å². The number of hydrogen-bond donors (Lipinski definition) is 1. The SMILES string of the molecule is Cc1cncc(-c2cc(C)c(CO)cn2)c1. The third-order valence-electron chi connectivity index (χ3n) is 2.56. The van der Waals surface area contributed by atoms with E-state index in [0.29, 0.717) is 0 Å². The highest BCUT2D eigenvalue weighted by molar-refractivity contribution is 5.59. The Labute approximate surface area is 94.8 Å². The lowest BCUT2D eigenvalue weighted by molar-refractivity contribution is 0.280. The Bertz CT molecular complexity index is 509. The van der Waals surface area contributed by atoms with E-state index in [-0.39, 0.29) is 6.61 Å². The molecular weight excluding hydrogens is 200 g/mol. The number of aryl methyl sites for hydroxylation is 2. The van der Waals surface area contributed by atoms with Crippen molar-refractivity contribution in [3.05, 3.63) is 47.4 Å². The molecule has 2 heterocycles. The van der Waals surface area contributed by atoms with Crippen LogP contribution in [-0.2, 0) is 6.61 Å². The lowest BCUT2D eigenvalue weighted by atomic mass is 10.1. The molecule has 2 aromatic heterocycles. The standard InChI is InChI=1S/C13H14N2O/c1-9-3-11(6-14-5-9)13-4-10(2)12(8-16)7-15-13/h3-7,16H,8H2,1-2H3. The Kier molecular flexibility index (Phi) is 2.97. The Balaban J connectivity index is 2.45. The van der Waals surface area contributed by atoms with Gasteiger partial charge in [0.2, 0.25) is 0 Å². The van der Waals surface area contributed by atoms with Crippen LogP contribution < -0.4 is 0 Å². The van der Waals surface area contributed by atoms with Crippen LogP contribution in [0.5, 0.6) is 0 Å². The maximum Gasteiger partial charge on any atom is 0.0720 e. The van der Waals surface area contributed by atoms with E-state index in [1.165, 1.54) is 0 Å². The van der Waals surface area contributed by atoms with Crippen LogP contribution in [0.25, 0.3) is 11.3 Å². The van der Waals surface area contributed by atoms with E-state index in [4.69, 9.17) is 5.11 Å². The van der Waals surface area contributed by atoms with E-state index in [2.05, 4.69) is 9.97 Å². The zero-order chi connectivity index (χ0) is 11.5. The number of aliphatic hydroxyl groups excluding tert-OH is 1. The lowest BCUT2D eigenvalue weighted by Gasteiger charge is -2.05. The number of rotatable bonds is 2. The lowest BCUT2D eigenvalue weighted by Crippen LogP contribution is -1.93. The van der Waals surface area contributed by atoms with Gasteiger partial charge in [-0.15, -0.1) is 0 Å². The molecule has 0 saturated carbocycles. The van der Waals surface area contributed by atoms with Crippen molar-refractivity contribution in [2.24, 2.45) is 0 Å². The Hall–Kier alpha value is -1.74. The monoisotopic (exact) mass is 214 g/mol. The van der Waals surface area contributed by atoms with Crippen LogP contribution in [0, 0.1) is 13.8 Å². The fourth-order valence-corrected chi connectivity index (χ4v) is 1.60. The van der Waals surface area contributed by atoms with Crippen molar-refractivity contribution in [1.29, 1.82) is 0 Å². The minimum atomic E-state index is 0.0329. The summed E-state index contributed by atoms with van der Waals surface area (Å²) < 4.78 is 0. The van der Waals surface area contributed by atoms with Gasteiger partial charge in [0.1, 0.15) is 0 Å². The molecule has 16 heavy (non-hydrogen) atoms. The molecule has 0 saturated heterocycles. The van der Waals surface area contributed by atoms with Crippen molar-refractivity contribution < 1.29 is 5.11 Å². The average molecular weight is 214 g/mol. The molecule has 3 heteroatoms. The van der Waals surface area contributed by atoms with Gasteiger partial charge in [-0.1, -0.05) is 0 Å². The number of aliphatic hydroxyl groups is 1. The van der Waals surface area contributed by atoms with E-state index in [9.17, 15) is 0 Å². The Morgan fingerprint density at radius 2 is 1.94 bits per heavy atom. The minimum Gasteiger partial charge on any atom is -0.392 e. The third kappa shape index (κ3) is 2.09. The van der Waals surface area contributed by atoms with Crippen molar-refractivity contribution in [1.82, 2.24) is 9.97 Å². The molecule has 3 nitrogen and oxygen atoms in total. The maximum absolute atomic E-state index is 9.07. The number of aromatic nitrogens is 2. The summed E-state index contributed by atoms with van der Waals surface area (Å²) in [5, 5.41) is 9.07. The first-order valence-corrected chi connectivity index (χ1v) is 5.19. The van der Waals surface area contributed by atoms with Crippen LogP contribution in [0.1, 0.15) is 16.7 Å². The Morgan fingerprint density at radius 3 is 2.56 bits per heavy atom. The molecule has 1 N–H and O–H groups in total. The maximum atomic E-state index is 9.07. The van der Waals surface area contributed by atoms with Crippen LogP contribution in [0.4, 0.5) is 0 Å². The fourth-order valence-electron chi connectivity index (χ4n) is 1.60. The summed E-state index contributed by atoms with van der Waals surface area (Å²) in [6.07, 6.45) is 5.33. The van der Waals surface area contributed by atoms with Crippen molar-refractivity contribution in [3.8, 4) is 11.3 Å². The van der Waals surface area contributed by atoms with E-state index in [1.54, 1.807) is 12.4 Å². The van der Waals surface area contributed by atoms with E-state index >= 15 is 0 Å². The average Bonchev–Trinajstić information content (AvgIpc) is 2.29. The summed E-state index contributed by atoms with van der Waals surface area (Å²) in [6, 6.07) is 4.02. The molecule has 2 aromatic rings.